The summed E-state index contributed by atoms with van der Waals surface area (Å²) in [4.78, 5) is 26.2. The number of hydrogen-bond donors (Lipinski definition) is 1. The Balaban J connectivity index is 2.34. The first kappa shape index (κ1) is 20.1. The highest BCUT2D eigenvalue weighted by molar-refractivity contribution is 6.40. The molecule has 0 aromatic heterocycles. The van der Waals surface area contributed by atoms with Crippen molar-refractivity contribution in [2.75, 3.05) is 0 Å². The van der Waals surface area contributed by atoms with E-state index in [1.54, 1.807) is 31.2 Å². The van der Waals surface area contributed by atoms with Crippen LogP contribution in [-0.2, 0) is 10.8 Å². The molecule has 28 heavy (non-hydrogen) atoms. The first-order chi connectivity index (χ1) is 12.8. The van der Waals surface area contributed by atoms with Crippen LogP contribution in [0.3, 0.4) is 0 Å². The van der Waals surface area contributed by atoms with Gasteiger partial charge in [-0.2, -0.15) is 0 Å². The number of carbonyl (C=O) groups is 2. The van der Waals surface area contributed by atoms with Gasteiger partial charge >= 0.3 is 0 Å². The van der Waals surface area contributed by atoms with Crippen molar-refractivity contribution in [3.8, 4) is 5.75 Å². The Morgan fingerprint density at radius 2 is 1.18 bits per heavy atom. The highest BCUT2D eigenvalue weighted by Gasteiger charge is 2.33. The van der Waals surface area contributed by atoms with Gasteiger partial charge < -0.3 is 5.11 Å². The van der Waals surface area contributed by atoms with Gasteiger partial charge in [-0.15, -0.1) is 0 Å². The Hall–Kier alpha value is -2.68. The third-order valence-corrected chi connectivity index (χ3v) is 5.37. The van der Waals surface area contributed by atoms with Crippen LogP contribution >= 0.6 is 0 Å². The van der Waals surface area contributed by atoms with E-state index in [4.69, 9.17) is 0 Å². The number of fused-ring (bicyclic) bond motifs is 1. The second-order valence-electron chi connectivity index (χ2n) is 9.62. The molecule has 1 N–H and O–H groups in total. The number of phenols is 1. The zero-order valence-electron chi connectivity index (χ0n) is 17.7. The third-order valence-electron chi connectivity index (χ3n) is 5.37. The molecule has 0 aliphatic heterocycles. The second kappa shape index (κ2) is 6.44. The fourth-order valence-electron chi connectivity index (χ4n) is 3.77. The summed E-state index contributed by atoms with van der Waals surface area (Å²) in [5.41, 5.74) is 3.40. The van der Waals surface area contributed by atoms with Crippen molar-refractivity contribution >= 4 is 17.1 Å². The summed E-state index contributed by atoms with van der Waals surface area (Å²) in [5.74, 6) is 0.00277. The quantitative estimate of drug-likeness (QED) is 0.680. The smallest absolute Gasteiger partial charge is 0.194 e. The fourth-order valence-corrected chi connectivity index (χ4v) is 3.77. The van der Waals surface area contributed by atoms with Crippen molar-refractivity contribution in [3.63, 3.8) is 0 Å². The van der Waals surface area contributed by atoms with Crippen LogP contribution in [0.5, 0.6) is 5.75 Å². The van der Waals surface area contributed by atoms with Crippen LogP contribution in [0.4, 0.5) is 0 Å². The van der Waals surface area contributed by atoms with E-state index in [1.807, 2.05) is 53.7 Å². The molecule has 0 saturated carbocycles. The molecule has 0 saturated heterocycles. The number of carbonyl (C=O) groups excluding carboxylic acids is 2. The van der Waals surface area contributed by atoms with Crippen LogP contribution in [0.25, 0.3) is 5.57 Å². The number of rotatable bonds is 1. The molecule has 1 aliphatic rings. The lowest BCUT2D eigenvalue weighted by Gasteiger charge is -2.29. The Morgan fingerprint density at radius 1 is 0.750 bits per heavy atom. The lowest BCUT2D eigenvalue weighted by atomic mass is 9.75. The third kappa shape index (κ3) is 3.19. The van der Waals surface area contributed by atoms with E-state index >= 15 is 0 Å². The summed E-state index contributed by atoms with van der Waals surface area (Å²) in [5, 5.41) is 11.0. The Bertz CT molecular complexity index is 989. The minimum atomic E-state index is -0.311. The lowest BCUT2D eigenvalue weighted by Crippen LogP contribution is -2.22. The molecule has 0 bridgehead atoms. The Kier molecular flexibility index (Phi) is 4.61. The van der Waals surface area contributed by atoms with Gasteiger partial charge in [-0.05, 0) is 35.4 Å². The standard InChI is InChI=1S/C25H28O3/c1-14-20(22(27)17-11-9-8-10-16(17)21(14)26)15-12-18(24(2,3)4)23(28)19(13-15)25(5,6)7/h8-13,28H,1-7H3. The van der Waals surface area contributed by atoms with Crippen molar-refractivity contribution in [1.82, 2.24) is 0 Å². The fraction of sp³-hybridized carbons (Fsp3) is 0.360. The van der Waals surface area contributed by atoms with Gasteiger partial charge in [-0.1, -0.05) is 65.8 Å². The van der Waals surface area contributed by atoms with Crippen LogP contribution in [0.2, 0.25) is 0 Å². The zero-order valence-corrected chi connectivity index (χ0v) is 17.7. The van der Waals surface area contributed by atoms with Crippen molar-refractivity contribution in [1.29, 1.82) is 0 Å². The summed E-state index contributed by atoms with van der Waals surface area (Å²) in [6.45, 7) is 13.9. The maximum absolute atomic E-state index is 13.3. The lowest BCUT2D eigenvalue weighted by molar-refractivity contribution is 0.0992. The molecule has 0 fully saturated rings. The van der Waals surface area contributed by atoms with Crippen LogP contribution < -0.4 is 0 Å². The van der Waals surface area contributed by atoms with Gasteiger partial charge in [0.1, 0.15) is 5.75 Å². The molecule has 2 aromatic carbocycles. The van der Waals surface area contributed by atoms with Gasteiger partial charge in [0.05, 0.1) is 0 Å². The molecule has 0 spiro atoms. The van der Waals surface area contributed by atoms with Crippen molar-refractivity contribution in [2.45, 2.75) is 59.3 Å². The van der Waals surface area contributed by atoms with Gasteiger partial charge in [0.25, 0.3) is 0 Å². The largest absolute Gasteiger partial charge is 0.507 e. The summed E-state index contributed by atoms with van der Waals surface area (Å²) in [6, 6.07) is 10.7. The monoisotopic (exact) mass is 376 g/mol. The normalized spacial score (nSPS) is 15.1. The number of benzene rings is 2. The molecule has 1 aliphatic carbocycles. The number of aromatic hydroxyl groups is 1. The Labute approximate surface area is 167 Å². The summed E-state index contributed by atoms with van der Waals surface area (Å²) >= 11 is 0. The predicted molar refractivity (Wildman–Crippen MR) is 113 cm³/mol. The summed E-state index contributed by atoms with van der Waals surface area (Å²) < 4.78 is 0. The van der Waals surface area contributed by atoms with E-state index in [1.165, 1.54) is 0 Å². The molecular weight excluding hydrogens is 348 g/mol. The molecule has 3 heteroatoms. The number of ketones is 2. The minimum Gasteiger partial charge on any atom is -0.507 e. The zero-order chi connectivity index (χ0) is 21.0. The molecule has 146 valence electrons. The van der Waals surface area contributed by atoms with E-state index in [2.05, 4.69) is 0 Å². The number of allylic oxidation sites excluding steroid dienone is 2. The van der Waals surface area contributed by atoms with Gasteiger partial charge in [-0.3, -0.25) is 9.59 Å². The first-order valence-corrected chi connectivity index (χ1v) is 9.61. The van der Waals surface area contributed by atoms with Crippen LogP contribution in [0.15, 0.2) is 42.0 Å². The summed E-state index contributed by atoms with van der Waals surface area (Å²) in [6.07, 6.45) is 0. The van der Waals surface area contributed by atoms with E-state index in [0.717, 1.165) is 11.1 Å². The second-order valence-corrected chi connectivity index (χ2v) is 9.62. The molecule has 3 rings (SSSR count). The highest BCUT2D eigenvalue weighted by atomic mass is 16.3. The van der Waals surface area contributed by atoms with Gasteiger partial charge in [0, 0.05) is 33.4 Å². The van der Waals surface area contributed by atoms with Crippen molar-refractivity contribution < 1.29 is 14.7 Å². The Morgan fingerprint density at radius 3 is 1.61 bits per heavy atom. The molecular formula is C25H28O3. The van der Waals surface area contributed by atoms with E-state index in [9.17, 15) is 14.7 Å². The van der Waals surface area contributed by atoms with Crippen molar-refractivity contribution in [3.05, 3.63) is 69.8 Å². The maximum atomic E-state index is 13.3. The van der Waals surface area contributed by atoms with Crippen LogP contribution in [0.1, 0.15) is 85.9 Å². The minimum absolute atomic E-state index is 0.118. The molecule has 0 amide bonds. The van der Waals surface area contributed by atoms with Gasteiger partial charge in [0.2, 0.25) is 0 Å². The van der Waals surface area contributed by atoms with E-state index in [0.29, 0.717) is 27.8 Å². The number of hydrogen-bond acceptors (Lipinski definition) is 3. The molecule has 0 atom stereocenters. The highest BCUT2D eigenvalue weighted by Crippen LogP contribution is 2.42. The van der Waals surface area contributed by atoms with Crippen molar-refractivity contribution in [2.24, 2.45) is 0 Å². The van der Waals surface area contributed by atoms with E-state index < -0.39 is 0 Å². The topological polar surface area (TPSA) is 54.4 Å². The SMILES string of the molecule is CC1=C(c2cc(C(C)(C)C)c(O)c(C(C)(C)C)c2)C(=O)c2ccccc2C1=O. The van der Waals surface area contributed by atoms with Crippen LogP contribution in [0, 0.1) is 0 Å². The summed E-state index contributed by atoms with van der Waals surface area (Å²) in [7, 11) is 0. The molecule has 0 unspecified atom stereocenters. The van der Waals surface area contributed by atoms with Gasteiger partial charge in [-0.25, -0.2) is 0 Å². The molecule has 2 aromatic rings. The molecule has 0 heterocycles. The number of phenolic OH excluding ortho intramolecular Hbond substituents is 1. The number of Topliss-reactive ketones (excluding diaryl/α,β-unsaturated/α-hetero) is 2. The molecule has 3 nitrogen and oxygen atoms in total. The first-order valence-electron chi connectivity index (χ1n) is 9.61. The molecule has 0 radical (unpaired) electrons. The maximum Gasteiger partial charge on any atom is 0.194 e. The average molecular weight is 376 g/mol. The average Bonchev–Trinajstić information content (AvgIpc) is 2.59. The predicted octanol–water partition coefficient (Wildman–Crippen LogP) is 5.84. The van der Waals surface area contributed by atoms with Gasteiger partial charge in [0.15, 0.2) is 11.6 Å². The van der Waals surface area contributed by atoms with E-state index in [-0.39, 0.29) is 28.1 Å². The van der Waals surface area contributed by atoms with Crippen LogP contribution in [-0.4, -0.2) is 16.7 Å².